The van der Waals surface area contributed by atoms with E-state index in [9.17, 15) is 8.78 Å². The monoisotopic (exact) mass is 325 g/mol. The number of hydrogen-bond acceptors (Lipinski definition) is 1. The minimum atomic E-state index is -0.732. The van der Waals surface area contributed by atoms with E-state index in [4.69, 9.17) is 5.26 Å². The van der Waals surface area contributed by atoms with Crippen LogP contribution in [0.25, 0.3) is 0 Å². The van der Waals surface area contributed by atoms with E-state index in [2.05, 4.69) is 31.2 Å². The molecule has 1 nitrogen and oxygen atoms in total. The molecular formula is C21H21F2N. The molecule has 1 unspecified atom stereocenters. The summed E-state index contributed by atoms with van der Waals surface area (Å²) < 4.78 is 28.0. The van der Waals surface area contributed by atoms with Crippen LogP contribution < -0.4 is 0 Å². The highest BCUT2D eigenvalue weighted by Crippen LogP contribution is 2.32. The topological polar surface area (TPSA) is 23.8 Å². The van der Waals surface area contributed by atoms with Crippen molar-refractivity contribution in [1.29, 1.82) is 5.26 Å². The van der Waals surface area contributed by atoms with Crippen molar-refractivity contribution in [1.82, 2.24) is 0 Å². The minimum Gasteiger partial charge on any atom is -0.205 e. The summed E-state index contributed by atoms with van der Waals surface area (Å²) in [7, 11) is 0. The lowest BCUT2D eigenvalue weighted by Crippen LogP contribution is -2.17. The van der Waals surface area contributed by atoms with Gasteiger partial charge in [-0.05, 0) is 72.8 Å². The largest absolute Gasteiger partial charge is 0.205 e. The third-order valence-corrected chi connectivity index (χ3v) is 5.11. The molecule has 1 aliphatic rings. The third kappa shape index (κ3) is 3.33. The van der Waals surface area contributed by atoms with Gasteiger partial charge in [-0.1, -0.05) is 31.2 Å². The molecule has 0 amide bonds. The Morgan fingerprint density at radius 2 is 1.88 bits per heavy atom. The van der Waals surface area contributed by atoms with Gasteiger partial charge in [-0.2, -0.15) is 5.26 Å². The molecule has 1 aliphatic carbocycles. The van der Waals surface area contributed by atoms with Gasteiger partial charge in [0.2, 0.25) is 0 Å². The van der Waals surface area contributed by atoms with E-state index in [0.29, 0.717) is 24.3 Å². The fourth-order valence-electron chi connectivity index (χ4n) is 3.58. The van der Waals surface area contributed by atoms with Crippen LogP contribution in [0.1, 0.15) is 47.6 Å². The molecule has 0 saturated carbocycles. The van der Waals surface area contributed by atoms with Gasteiger partial charge in [0.25, 0.3) is 0 Å². The van der Waals surface area contributed by atoms with Crippen molar-refractivity contribution < 1.29 is 8.78 Å². The predicted octanol–water partition coefficient (Wildman–Crippen LogP) is 5.14. The Morgan fingerprint density at radius 3 is 2.54 bits per heavy atom. The lowest BCUT2D eigenvalue weighted by Gasteiger charge is -2.25. The number of benzene rings is 2. The molecule has 24 heavy (non-hydrogen) atoms. The molecule has 124 valence electrons. The standard InChI is InChI=1S/C21H21F2N/c1-2-14-3-5-15(6-4-14)7-8-16-9-10-18-17(11-16)12-20(22)19(13-24)21(18)23/h3-6,12,16H,2,7-11H2,1H3. The Morgan fingerprint density at radius 1 is 1.17 bits per heavy atom. The van der Waals surface area contributed by atoms with E-state index in [-0.39, 0.29) is 0 Å². The van der Waals surface area contributed by atoms with Crippen molar-refractivity contribution in [2.24, 2.45) is 5.92 Å². The van der Waals surface area contributed by atoms with E-state index in [1.54, 1.807) is 6.07 Å². The molecule has 0 aliphatic heterocycles. The molecular weight excluding hydrogens is 304 g/mol. The number of nitrogens with zero attached hydrogens (tertiary/aromatic N) is 1. The summed E-state index contributed by atoms with van der Waals surface area (Å²) >= 11 is 0. The highest BCUT2D eigenvalue weighted by atomic mass is 19.1. The van der Waals surface area contributed by atoms with E-state index in [1.807, 2.05) is 0 Å². The van der Waals surface area contributed by atoms with E-state index >= 15 is 0 Å². The van der Waals surface area contributed by atoms with Gasteiger partial charge in [0.05, 0.1) is 0 Å². The second kappa shape index (κ2) is 7.13. The summed E-state index contributed by atoms with van der Waals surface area (Å²) in [6.45, 7) is 2.14. The first-order valence-corrected chi connectivity index (χ1v) is 8.60. The smallest absolute Gasteiger partial charge is 0.147 e. The first kappa shape index (κ1) is 16.6. The lowest BCUT2D eigenvalue weighted by atomic mass is 9.80. The number of fused-ring (bicyclic) bond motifs is 1. The molecule has 1 atom stereocenters. The van der Waals surface area contributed by atoms with Gasteiger partial charge in [-0.15, -0.1) is 0 Å². The lowest BCUT2D eigenvalue weighted by molar-refractivity contribution is 0.415. The quantitative estimate of drug-likeness (QED) is 0.764. The fraction of sp³-hybridized carbons (Fsp3) is 0.381. The maximum absolute atomic E-state index is 14.2. The number of aryl methyl sites for hydroxylation is 2. The molecule has 0 fully saturated rings. The molecule has 3 heteroatoms. The van der Waals surface area contributed by atoms with Crippen molar-refractivity contribution in [2.75, 3.05) is 0 Å². The zero-order chi connectivity index (χ0) is 17.1. The molecule has 0 saturated heterocycles. The summed E-state index contributed by atoms with van der Waals surface area (Å²) in [5, 5.41) is 8.87. The average Bonchev–Trinajstić information content (AvgIpc) is 2.60. The first-order valence-electron chi connectivity index (χ1n) is 8.60. The number of hydrogen-bond donors (Lipinski definition) is 0. The van der Waals surface area contributed by atoms with Crippen molar-refractivity contribution in [3.63, 3.8) is 0 Å². The minimum absolute atomic E-state index is 0.440. The highest BCUT2D eigenvalue weighted by Gasteiger charge is 2.25. The van der Waals surface area contributed by atoms with Gasteiger partial charge in [0.1, 0.15) is 23.3 Å². The number of nitriles is 1. The molecule has 0 N–H and O–H groups in total. The van der Waals surface area contributed by atoms with Crippen LogP contribution in [0.2, 0.25) is 0 Å². The van der Waals surface area contributed by atoms with Crippen molar-refractivity contribution >= 4 is 0 Å². The number of rotatable bonds is 4. The van der Waals surface area contributed by atoms with E-state index in [1.165, 1.54) is 17.2 Å². The Balaban J connectivity index is 1.68. The van der Waals surface area contributed by atoms with Gasteiger partial charge in [0.15, 0.2) is 0 Å². The summed E-state index contributed by atoms with van der Waals surface area (Å²) in [4.78, 5) is 0. The Labute approximate surface area is 141 Å². The van der Waals surface area contributed by atoms with Gasteiger partial charge in [-0.3, -0.25) is 0 Å². The zero-order valence-corrected chi connectivity index (χ0v) is 13.9. The second-order valence-corrected chi connectivity index (χ2v) is 6.61. The maximum atomic E-state index is 14.2. The normalized spacial score (nSPS) is 16.5. The third-order valence-electron chi connectivity index (χ3n) is 5.11. The Bertz CT molecular complexity index is 772. The molecule has 2 aromatic rings. The van der Waals surface area contributed by atoms with Gasteiger partial charge >= 0.3 is 0 Å². The highest BCUT2D eigenvalue weighted by molar-refractivity contribution is 5.42. The van der Waals surface area contributed by atoms with Gasteiger partial charge in [0, 0.05) is 0 Å². The summed E-state index contributed by atoms with van der Waals surface area (Å²) in [6.07, 6.45) is 5.24. The molecule has 0 aromatic heterocycles. The van der Waals surface area contributed by atoms with Crippen LogP contribution in [0, 0.1) is 28.9 Å². The van der Waals surface area contributed by atoms with Crippen LogP contribution >= 0.6 is 0 Å². The van der Waals surface area contributed by atoms with Gasteiger partial charge < -0.3 is 0 Å². The van der Waals surface area contributed by atoms with Crippen molar-refractivity contribution in [3.05, 3.63) is 69.8 Å². The van der Waals surface area contributed by atoms with E-state index in [0.717, 1.165) is 31.2 Å². The number of halogens is 2. The zero-order valence-electron chi connectivity index (χ0n) is 13.9. The first-order chi connectivity index (χ1) is 11.6. The van der Waals surface area contributed by atoms with Crippen molar-refractivity contribution in [3.8, 4) is 6.07 Å². The predicted molar refractivity (Wildman–Crippen MR) is 90.7 cm³/mol. The maximum Gasteiger partial charge on any atom is 0.147 e. The summed E-state index contributed by atoms with van der Waals surface area (Å²) in [5.41, 5.74) is 3.49. The second-order valence-electron chi connectivity index (χ2n) is 6.61. The van der Waals surface area contributed by atoms with Crippen LogP contribution in [0.3, 0.4) is 0 Å². The van der Waals surface area contributed by atoms with Crippen molar-refractivity contribution in [2.45, 2.75) is 45.4 Å². The molecule has 0 spiro atoms. The molecule has 2 aromatic carbocycles. The Kier molecular flexibility index (Phi) is 4.94. The Hall–Kier alpha value is -2.21. The van der Waals surface area contributed by atoms with Crippen LogP contribution in [-0.2, 0) is 25.7 Å². The summed E-state index contributed by atoms with van der Waals surface area (Å²) in [6, 6.07) is 11.7. The fourth-order valence-corrected chi connectivity index (χ4v) is 3.58. The SMILES string of the molecule is CCc1ccc(CCC2CCc3c(cc(F)c(C#N)c3F)C2)cc1. The molecule has 0 radical (unpaired) electrons. The van der Waals surface area contributed by atoms with E-state index < -0.39 is 17.2 Å². The molecule has 0 heterocycles. The average molecular weight is 325 g/mol. The van der Waals surface area contributed by atoms with Crippen LogP contribution in [0.5, 0.6) is 0 Å². The molecule has 3 rings (SSSR count). The van der Waals surface area contributed by atoms with Crippen LogP contribution in [0.15, 0.2) is 30.3 Å². The van der Waals surface area contributed by atoms with Crippen LogP contribution in [0.4, 0.5) is 8.78 Å². The van der Waals surface area contributed by atoms with Crippen LogP contribution in [-0.4, -0.2) is 0 Å². The summed E-state index contributed by atoms with van der Waals surface area (Å²) in [5.74, 6) is -0.944. The van der Waals surface area contributed by atoms with Gasteiger partial charge in [-0.25, -0.2) is 8.78 Å². The molecule has 0 bridgehead atoms.